The van der Waals surface area contributed by atoms with Crippen LogP contribution in [0.4, 0.5) is 18.9 Å². The number of carbonyl (C=O) groups excluding carboxylic acids is 1. The van der Waals surface area contributed by atoms with Gasteiger partial charge in [-0.3, -0.25) is 9.78 Å². The van der Waals surface area contributed by atoms with Gasteiger partial charge in [-0.15, -0.1) is 0 Å². The number of rotatable bonds is 6. The second-order valence-corrected chi connectivity index (χ2v) is 12.3. The largest absolute Gasteiger partial charge is 0.414 e. The second kappa shape index (κ2) is 10.6. The Kier molecular flexibility index (Phi) is 8.00. The molecule has 1 aromatic carbocycles. The van der Waals surface area contributed by atoms with Crippen LogP contribution in [0.25, 0.3) is 0 Å². The number of amides is 1. The van der Waals surface area contributed by atoms with E-state index in [1.807, 2.05) is 6.07 Å². The summed E-state index contributed by atoms with van der Waals surface area (Å²) in [6.45, 7) is 0.196. The monoisotopic (exact) mass is 578 g/mol. The molecule has 0 saturated carbocycles. The second-order valence-electron chi connectivity index (χ2n) is 9.55. The molecule has 1 fully saturated rings. The van der Waals surface area contributed by atoms with Crippen molar-refractivity contribution in [3.05, 3.63) is 57.3 Å². The lowest BCUT2D eigenvalue weighted by molar-refractivity contribution is -0.191. The van der Waals surface area contributed by atoms with E-state index in [0.29, 0.717) is 33.5 Å². The van der Waals surface area contributed by atoms with Gasteiger partial charge in [0.1, 0.15) is 0 Å². The van der Waals surface area contributed by atoms with E-state index in [1.165, 1.54) is 22.6 Å². The van der Waals surface area contributed by atoms with E-state index in [1.54, 1.807) is 6.07 Å². The number of hydrogen-bond donors (Lipinski definition) is 1. The number of benzene rings is 1. The molecule has 1 aromatic heterocycles. The molecule has 0 spiro atoms. The zero-order chi connectivity index (χ0) is 27.1. The number of pyridine rings is 1. The number of anilines is 1. The molecule has 1 aliphatic carbocycles. The quantitative estimate of drug-likeness (QED) is 0.537. The number of nitrogens with zero attached hydrogens (tertiary/aromatic N) is 3. The zero-order valence-electron chi connectivity index (χ0n) is 20.2. The third-order valence-electron chi connectivity index (χ3n) is 6.96. The predicted octanol–water partition coefficient (Wildman–Crippen LogP) is 4.70. The van der Waals surface area contributed by atoms with Crippen molar-refractivity contribution in [3.8, 4) is 0 Å². The summed E-state index contributed by atoms with van der Waals surface area (Å²) >= 11 is 12.4. The number of fused-ring (bicyclic) bond motifs is 1. The third kappa shape index (κ3) is 6.16. The van der Waals surface area contributed by atoms with Gasteiger partial charge in [-0.2, -0.15) is 13.2 Å². The lowest BCUT2D eigenvalue weighted by Gasteiger charge is -2.35. The van der Waals surface area contributed by atoms with Crippen LogP contribution in [-0.2, 0) is 27.7 Å². The summed E-state index contributed by atoms with van der Waals surface area (Å²) in [5.74, 6) is -1.38. The number of nitrogens with one attached hydrogen (secondary N) is 1. The van der Waals surface area contributed by atoms with E-state index in [-0.39, 0.29) is 37.7 Å². The number of sulfonamides is 1. The highest BCUT2D eigenvalue weighted by Gasteiger charge is 2.47. The Bertz CT molecular complexity index is 1270. The van der Waals surface area contributed by atoms with Crippen molar-refractivity contribution in [1.29, 1.82) is 0 Å². The van der Waals surface area contributed by atoms with E-state index >= 15 is 0 Å². The summed E-state index contributed by atoms with van der Waals surface area (Å²) in [6, 6.07) is 4.20. The Morgan fingerprint density at radius 2 is 1.84 bits per heavy atom. The number of hydrogen-bond acceptors (Lipinski definition) is 5. The Morgan fingerprint density at radius 1 is 1.16 bits per heavy atom. The van der Waals surface area contributed by atoms with Crippen LogP contribution in [0.1, 0.15) is 35.7 Å². The third-order valence-corrected chi connectivity index (χ3v) is 9.11. The molecule has 2 aliphatic rings. The lowest BCUT2D eigenvalue weighted by Crippen LogP contribution is -2.46. The van der Waals surface area contributed by atoms with Gasteiger partial charge >= 0.3 is 6.18 Å². The van der Waals surface area contributed by atoms with E-state index < -0.39 is 34.1 Å². The van der Waals surface area contributed by atoms with Gasteiger partial charge in [-0.1, -0.05) is 29.3 Å². The van der Waals surface area contributed by atoms with Crippen LogP contribution in [0, 0.1) is 5.92 Å². The molecule has 1 amide bonds. The van der Waals surface area contributed by atoms with Crippen LogP contribution < -0.4 is 5.32 Å². The number of alkyl halides is 3. The Balaban J connectivity index is 1.44. The van der Waals surface area contributed by atoms with Crippen LogP contribution in [-0.4, -0.2) is 67.1 Å². The fourth-order valence-electron chi connectivity index (χ4n) is 5.05. The number of carbonyl (C=O) groups is 1. The van der Waals surface area contributed by atoms with Gasteiger partial charge in [-0.25, -0.2) is 12.7 Å². The highest BCUT2D eigenvalue weighted by Crippen LogP contribution is 2.39. The smallest absolute Gasteiger partial charge is 0.380 e. The van der Waals surface area contributed by atoms with Crippen LogP contribution in [0.15, 0.2) is 30.5 Å². The summed E-state index contributed by atoms with van der Waals surface area (Å²) in [7, 11) is -2.30. The van der Waals surface area contributed by atoms with Gasteiger partial charge in [0.05, 0.1) is 33.9 Å². The first-order valence-corrected chi connectivity index (χ1v) is 14.3. The van der Waals surface area contributed by atoms with Crippen LogP contribution in [0.5, 0.6) is 0 Å². The average molecular weight is 579 g/mol. The van der Waals surface area contributed by atoms with Crippen LogP contribution in [0.3, 0.4) is 0 Å². The molecular weight excluding hydrogens is 552 g/mol. The van der Waals surface area contributed by atoms with Crippen LogP contribution >= 0.6 is 23.2 Å². The molecule has 37 heavy (non-hydrogen) atoms. The van der Waals surface area contributed by atoms with Gasteiger partial charge in [0.15, 0.2) is 6.04 Å². The van der Waals surface area contributed by atoms with Crippen molar-refractivity contribution >= 4 is 44.8 Å². The molecular formula is C24H27Cl2F3N4O3S. The van der Waals surface area contributed by atoms with Gasteiger partial charge in [0.2, 0.25) is 15.9 Å². The molecule has 202 valence electrons. The zero-order valence-corrected chi connectivity index (χ0v) is 22.6. The molecule has 4 rings (SSSR count). The normalized spacial score (nSPS) is 19.9. The van der Waals surface area contributed by atoms with E-state index in [4.69, 9.17) is 23.2 Å². The van der Waals surface area contributed by atoms with Crippen molar-refractivity contribution in [3.63, 3.8) is 0 Å². The maximum absolute atomic E-state index is 14.1. The molecule has 1 saturated heterocycles. The minimum atomic E-state index is -4.75. The Labute approximate surface area is 224 Å². The molecule has 0 radical (unpaired) electrons. The minimum Gasteiger partial charge on any atom is -0.380 e. The van der Waals surface area contributed by atoms with Gasteiger partial charge in [0.25, 0.3) is 0 Å². The molecule has 2 heterocycles. The first kappa shape index (κ1) is 27.9. The maximum Gasteiger partial charge on any atom is 0.414 e. The molecule has 2 aromatic rings. The summed E-state index contributed by atoms with van der Waals surface area (Å²) in [5, 5.41) is 4.27. The van der Waals surface area contributed by atoms with Gasteiger partial charge in [-0.05, 0) is 55.0 Å². The van der Waals surface area contributed by atoms with E-state index in [9.17, 15) is 26.4 Å². The fraction of sp³-hybridized carbons (Fsp3) is 0.500. The number of halogens is 5. The molecule has 0 bridgehead atoms. The van der Waals surface area contributed by atoms with Crippen molar-refractivity contribution in [2.24, 2.45) is 5.92 Å². The lowest BCUT2D eigenvalue weighted by atomic mass is 9.95. The predicted molar refractivity (Wildman–Crippen MR) is 136 cm³/mol. The van der Waals surface area contributed by atoms with Crippen molar-refractivity contribution < 1.29 is 26.4 Å². The summed E-state index contributed by atoms with van der Waals surface area (Å²) < 4.78 is 66.9. The van der Waals surface area contributed by atoms with Crippen LogP contribution in [0.2, 0.25) is 10.0 Å². The molecule has 1 aliphatic heterocycles. The van der Waals surface area contributed by atoms with Gasteiger partial charge in [0, 0.05) is 32.1 Å². The molecule has 13 heteroatoms. The number of aromatic nitrogens is 1. The molecule has 1 unspecified atom stereocenters. The molecule has 7 nitrogen and oxygen atoms in total. The fourth-order valence-corrected chi connectivity index (χ4v) is 6.37. The summed E-state index contributed by atoms with van der Waals surface area (Å²) in [4.78, 5) is 17.7. The molecule has 2 atom stereocenters. The van der Waals surface area contributed by atoms with Crippen molar-refractivity contribution in [1.82, 2.24) is 14.2 Å². The topological polar surface area (TPSA) is 82.6 Å². The summed E-state index contributed by atoms with van der Waals surface area (Å²) in [6.07, 6.45) is -0.712. The first-order chi connectivity index (χ1) is 17.3. The van der Waals surface area contributed by atoms with E-state index in [0.717, 1.165) is 24.4 Å². The maximum atomic E-state index is 14.1. The summed E-state index contributed by atoms with van der Waals surface area (Å²) in [5.41, 5.74) is 2.27. The highest BCUT2D eigenvalue weighted by molar-refractivity contribution is 7.88. The van der Waals surface area contributed by atoms with E-state index in [2.05, 4.69) is 10.3 Å². The Hall–Kier alpha value is -2.08. The minimum absolute atomic E-state index is 0.0147. The first-order valence-electron chi connectivity index (χ1n) is 11.7. The molecule has 1 N–H and O–H groups in total. The van der Waals surface area contributed by atoms with Crippen molar-refractivity contribution in [2.75, 3.05) is 31.7 Å². The van der Waals surface area contributed by atoms with Crippen molar-refractivity contribution in [2.45, 2.75) is 43.9 Å². The van der Waals surface area contributed by atoms with Gasteiger partial charge < -0.3 is 10.2 Å². The SMILES string of the molecule is CN(C(=O)C1CCN(S(C)(=O)=O)CC1)[C@@H](c1ccc(NC2Cc3ccc(Cl)c(Cl)c3C2)cn1)C(F)(F)F. The number of piperidine rings is 1. The average Bonchev–Trinajstić information content (AvgIpc) is 3.24. The highest BCUT2D eigenvalue weighted by atomic mass is 35.5. The Morgan fingerprint density at radius 3 is 2.41 bits per heavy atom. The standard InChI is InChI=1S/C24H27Cl2F3N4O3S/c1-32(23(34)14-7-9-33(10-8-14)37(2,35)36)22(24(27,28)29)20-6-4-16(13-30-20)31-17-11-15-3-5-19(25)21(26)18(15)12-17/h3-6,13-14,17,22,31H,7-12H2,1-2H3/t17?,22-/m0/s1.